The van der Waals surface area contributed by atoms with E-state index in [1.54, 1.807) is 0 Å². The van der Waals surface area contributed by atoms with Gasteiger partial charge in [-0.3, -0.25) is 0 Å². The monoisotopic (exact) mass is 227 g/mol. The number of hydrogen-bond donors (Lipinski definition) is 0. The van der Waals surface area contributed by atoms with Gasteiger partial charge in [-0.05, 0) is 12.2 Å². The molecule has 0 amide bonds. The van der Waals surface area contributed by atoms with E-state index in [4.69, 9.17) is 5.26 Å². The van der Waals surface area contributed by atoms with Gasteiger partial charge in [0.05, 0.1) is 6.07 Å². The van der Waals surface area contributed by atoms with Crippen LogP contribution in [-0.2, 0) is 0 Å². The number of nitrogens with zero attached hydrogens (tertiary/aromatic N) is 1. The van der Waals surface area contributed by atoms with Gasteiger partial charge in [0.15, 0.2) is 0 Å². The predicted octanol–water partition coefficient (Wildman–Crippen LogP) is 4.77. The SMILES string of the molecule is CCCCCCCCCCSCCC#N. The van der Waals surface area contributed by atoms with E-state index >= 15 is 0 Å². The van der Waals surface area contributed by atoms with Crippen molar-refractivity contribution in [3.8, 4) is 6.07 Å². The Labute approximate surface area is 99.6 Å². The highest BCUT2D eigenvalue weighted by atomic mass is 32.2. The van der Waals surface area contributed by atoms with Gasteiger partial charge in [-0.2, -0.15) is 17.0 Å². The minimum absolute atomic E-state index is 0.710. The van der Waals surface area contributed by atoms with Crippen LogP contribution in [0.2, 0.25) is 0 Å². The minimum atomic E-state index is 0.710. The third-order valence-corrected chi connectivity index (χ3v) is 3.57. The van der Waals surface area contributed by atoms with Gasteiger partial charge in [-0.15, -0.1) is 0 Å². The average Bonchev–Trinajstić information content (AvgIpc) is 2.26. The van der Waals surface area contributed by atoms with Crippen LogP contribution < -0.4 is 0 Å². The molecule has 0 aliphatic rings. The molecule has 0 bridgehead atoms. The summed E-state index contributed by atoms with van der Waals surface area (Å²) in [7, 11) is 0. The largest absolute Gasteiger partial charge is 0.198 e. The normalized spacial score (nSPS) is 10.1. The highest BCUT2D eigenvalue weighted by molar-refractivity contribution is 7.99. The molecule has 0 atom stereocenters. The van der Waals surface area contributed by atoms with Gasteiger partial charge in [0.2, 0.25) is 0 Å². The number of thioether (sulfide) groups is 1. The number of hydrogen-bond acceptors (Lipinski definition) is 2. The summed E-state index contributed by atoms with van der Waals surface area (Å²) in [4.78, 5) is 0. The summed E-state index contributed by atoms with van der Waals surface area (Å²) in [5.41, 5.74) is 0. The zero-order chi connectivity index (χ0) is 11.2. The smallest absolute Gasteiger partial charge is 0.0630 e. The van der Waals surface area contributed by atoms with E-state index in [9.17, 15) is 0 Å². The molecule has 0 aromatic rings. The van der Waals surface area contributed by atoms with E-state index in [1.165, 1.54) is 57.1 Å². The Kier molecular flexibility index (Phi) is 13.7. The molecule has 0 N–H and O–H groups in total. The van der Waals surface area contributed by atoms with Gasteiger partial charge in [-0.1, -0.05) is 51.9 Å². The second-order valence-corrected chi connectivity index (χ2v) is 5.22. The molecule has 0 aromatic heterocycles. The highest BCUT2D eigenvalue weighted by Crippen LogP contribution is 2.11. The molecular formula is C13H25NS. The molecule has 0 fully saturated rings. The molecule has 0 aromatic carbocycles. The van der Waals surface area contributed by atoms with E-state index in [1.807, 2.05) is 11.8 Å². The fourth-order valence-electron chi connectivity index (χ4n) is 1.56. The quantitative estimate of drug-likeness (QED) is 0.475. The van der Waals surface area contributed by atoms with Gasteiger partial charge >= 0.3 is 0 Å². The van der Waals surface area contributed by atoms with Crippen LogP contribution >= 0.6 is 11.8 Å². The number of rotatable bonds is 11. The van der Waals surface area contributed by atoms with Gasteiger partial charge in [0.25, 0.3) is 0 Å². The first kappa shape index (κ1) is 14.8. The summed E-state index contributed by atoms with van der Waals surface area (Å²) in [5.74, 6) is 2.27. The van der Waals surface area contributed by atoms with Crippen molar-refractivity contribution in [3.63, 3.8) is 0 Å². The molecular weight excluding hydrogens is 202 g/mol. The predicted molar refractivity (Wildman–Crippen MR) is 70.2 cm³/mol. The van der Waals surface area contributed by atoms with Crippen LogP contribution in [-0.4, -0.2) is 11.5 Å². The fraction of sp³-hybridized carbons (Fsp3) is 0.923. The van der Waals surface area contributed by atoms with E-state index < -0.39 is 0 Å². The Morgan fingerprint density at radius 3 is 2.07 bits per heavy atom. The lowest BCUT2D eigenvalue weighted by Crippen LogP contribution is -1.84. The van der Waals surface area contributed by atoms with Crippen molar-refractivity contribution < 1.29 is 0 Å². The highest BCUT2D eigenvalue weighted by Gasteiger charge is 1.92. The van der Waals surface area contributed by atoms with Crippen molar-refractivity contribution in [1.82, 2.24) is 0 Å². The molecule has 0 saturated carbocycles. The van der Waals surface area contributed by atoms with Crippen LogP contribution in [0.15, 0.2) is 0 Å². The Bertz CT molecular complexity index is 151. The van der Waals surface area contributed by atoms with Crippen molar-refractivity contribution in [1.29, 1.82) is 5.26 Å². The van der Waals surface area contributed by atoms with Crippen molar-refractivity contribution in [3.05, 3.63) is 0 Å². The maximum atomic E-state index is 8.35. The first-order valence-corrected chi connectivity index (χ1v) is 7.52. The lowest BCUT2D eigenvalue weighted by Gasteiger charge is -2.01. The molecule has 0 unspecified atom stereocenters. The van der Waals surface area contributed by atoms with Crippen molar-refractivity contribution in [2.75, 3.05) is 11.5 Å². The van der Waals surface area contributed by atoms with Crippen LogP contribution in [0.25, 0.3) is 0 Å². The zero-order valence-electron chi connectivity index (χ0n) is 10.1. The third-order valence-electron chi connectivity index (χ3n) is 2.50. The lowest BCUT2D eigenvalue weighted by molar-refractivity contribution is 0.586. The molecule has 0 heterocycles. The van der Waals surface area contributed by atoms with E-state index in [0.29, 0.717) is 6.42 Å². The Morgan fingerprint density at radius 2 is 1.47 bits per heavy atom. The second kappa shape index (κ2) is 13.8. The number of nitriles is 1. The summed E-state index contributed by atoms with van der Waals surface area (Å²) in [6.07, 6.45) is 11.9. The molecule has 1 nitrogen and oxygen atoms in total. The van der Waals surface area contributed by atoms with Crippen LogP contribution in [0.4, 0.5) is 0 Å². The zero-order valence-corrected chi connectivity index (χ0v) is 11.0. The molecule has 15 heavy (non-hydrogen) atoms. The molecule has 0 saturated heterocycles. The maximum Gasteiger partial charge on any atom is 0.0630 e. The van der Waals surface area contributed by atoms with Crippen molar-refractivity contribution >= 4 is 11.8 Å². The standard InChI is InChI=1S/C13H25NS/c1-2-3-4-5-6-7-8-9-12-15-13-10-11-14/h2-10,12-13H2,1H3. The Hall–Kier alpha value is -0.160. The van der Waals surface area contributed by atoms with Crippen LogP contribution in [0.1, 0.15) is 64.7 Å². The first-order valence-electron chi connectivity index (χ1n) is 6.36. The summed E-state index contributed by atoms with van der Waals surface area (Å²) in [5, 5.41) is 8.35. The third kappa shape index (κ3) is 13.8. The van der Waals surface area contributed by atoms with Gasteiger partial charge in [-0.25, -0.2) is 0 Å². The van der Waals surface area contributed by atoms with E-state index in [2.05, 4.69) is 13.0 Å². The summed E-state index contributed by atoms with van der Waals surface area (Å²) >= 11 is 1.93. The Morgan fingerprint density at radius 1 is 0.867 bits per heavy atom. The average molecular weight is 227 g/mol. The molecule has 0 aliphatic carbocycles. The van der Waals surface area contributed by atoms with Crippen LogP contribution in [0.5, 0.6) is 0 Å². The molecule has 0 radical (unpaired) electrons. The number of unbranched alkanes of at least 4 members (excludes halogenated alkanes) is 7. The molecule has 88 valence electrons. The molecule has 0 rings (SSSR count). The minimum Gasteiger partial charge on any atom is -0.198 e. The van der Waals surface area contributed by atoms with Crippen LogP contribution in [0.3, 0.4) is 0 Å². The lowest BCUT2D eigenvalue weighted by atomic mass is 10.1. The van der Waals surface area contributed by atoms with Crippen LogP contribution in [0, 0.1) is 11.3 Å². The van der Waals surface area contributed by atoms with Crippen molar-refractivity contribution in [2.45, 2.75) is 64.7 Å². The summed E-state index contributed by atoms with van der Waals surface area (Å²) < 4.78 is 0. The first-order chi connectivity index (χ1) is 7.41. The molecule has 2 heteroatoms. The molecule has 0 spiro atoms. The van der Waals surface area contributed by atoms with E-state index in [-0.39, 0.29) is 0 Å². The van der Waals surface area contributed by atoms with E-state index in [0.717, 1.165) is 5.75 Å². The van der Waals surface area contributed by atoms with Gasteiger partial charge in [0.1, 0.15) is 0 Å². The molecule has 0 aliphatic heterocycles. The van der Waals surface area contributed by atoms with Gasteiger partial charge in [0, 0.05) is 12.2 Å². The summed E-state index contributed by atoms with van der Waals surface area (Å²) in [6, 6.07) is 2.18. The van der Waals surface area contributed by atoms with Gasteiger partial charge < -0.3 is 0 Å². The summed E-state index contributed by atoms with van der Waals surface area (Å²) in [6.45, 7) is 2.26. The topological polar surface area (TPSA) is 23.8 Å². The Balaban J connectivity index is 2.84. The maximum absolute atomic E-state index is 8.35. The van der Waals surface area contributed by atoms with Crippen molar-refractivity contribution in [2.24, 2.45) is 0 Å². The second-order valence-electron chi connectivity index (χ2n) is 4.00. The fourth-order valence-corrected chi connectivity index (χ4v) is 2.41.